The Morgan fingerprint density at radius 1 is 1.24 bits per heavy atom. The Kier molecular flexibility index (Phi) is 5.48. The van der Waals surface area contributed by atoms with Crippen LogP contribution < -0.4 is 10.1 Å². The maximum atomic E-state index is 12.3. The van der Waals surface area contributed by atoms with Crippen molar-refractivity contribution >= 4 is 5.91 Å². The van der Waals surface area contributed by atoms with E-state index >= 15 is 0 Å². The summed E-state index contributed by atoms with van der Waals surface area (Å²) in [5.41, 5.74) is 0.159. The van der Waals surface area contributed by atoms with Crippen LogP contribution in [-0.4, -0.2) is 55.6 Å². The minimum atomic E-state index is -4.77. The van der Waals surface area contributed by atoms with Crippen LogP contribution in [0.15, 0.2) is 24.3 Å². The normalized spacial score (nSPS) is 22.8. The van der Waals surface area contributed by atoms with Crippen molar-refractivity contribution < 1.29 is 27.4 Å². The van der Waals surface area contributed by atoms with Gasteiger partial charge < -0.3 is 14.8 Å². The van der Waals surface area contributed by atoms with Crippen molar-refractivity contribution in [1.29, 1.82) is 0 Å². The van der Waals surface area contributed by atoms with Gasteiger partial charge >= 0.3 is 6.36 Å². The first-order valence-electron chi connectivity index (χ1n) is 8.39. The van der Waals surface area contributed by atoms with Crippen LogP contribution in [0.5, 0.6) is 5.75 Å². The summed E-state index contributed by atoms with van der Waals surface area (Å²) in [6, 6.07) is 5.62. The molecule has 2 aliphatic rings. The summed E-state index contributed by atoms with van der Waals surface area (Å²) >= 11 is 0. The van der Waals surface area contributed by atoms with Crippen molar-refractivity contribution in [2.24, 2.45) is 0 Å². The second-order valence-corrected chi connectivity index (χ2v) is 6.37. The molecular weight excluding hydrogens is 337 g/mol. The third kappa shape index (κ3) is 5.09. The summed E-state index contributed by atoms with van der Waals surface area (Å²) in [7, 11) is 0. The first-order chi connectivity index (χ1) is 11.9. The fraction of sp³-hybridized carbons (Fsp3) is 0.588. The van der Waals surface area contributed by atoms with E-state index in [0.717, 1.165) is 51.6 Å². The minimum Gasteiger partial charge on any atom is -0.406 e. The predicted molar refractivity (Wildman–Crippen MR) is 84.4 cm³/mol. The third-order valence-corrected chi connectivity index (χ3v) is 4.59. The largest absolute Gasteiger partial charge is 0.573 e. The molecule has 0 spiro atoms. The summed E-state index contributed by atoms with van der Waals surface area (Å²) in [6.45, 7) is 3.20. The van der Waals surface area contributed by atoms with E-state index < -0.39 is 12.1 Å². The van der Waals surface area contributed by atoms with Crippen LogP contribution in [0, 0.1) is 0 Å². The van der Waals surface area contributed by atoms with Crippen LogP contribution in [0.25, 0.3) is 0 Å². The quantitative estimate of drug-likeness (QED) is 0.899. The molecule has 8 heteroatoms. The molecule has 0 aromatic heterocycles. The van der Waals surface area contributed by atoms with Gasteiger partial charge in [0, 0.05) is 44.0 Å². The van der Waals surface area contributed by atoms with Crippen molar-refractivity contribution in [3.05, 3.63) is 29.8 Å². The molecule has 0 radical (unpaired) electrons. The summed E-state index contributed by atoms with van der Waals surface area (Å²) in [6.07, 6.45) is -1.94. The molecule has 1 atom stereocenters. The zero-order valence-corrected chi connectivity index (χ0v) is 13.7. The molecule has 5 nitrogen and oxygen atoms in total. The van der Waals surface area contributed by atoms with E-state index in [4.69, 9.17) is 4.74 Å². The second-order valence-electron chi connectivity index (χ2n) is 6.37. The number of rotatable bonds is 4. The molecule has 25 heavy (non-hydrogen) atoms. The average molecular weight is 358 g/mol. The third-order valence-electron chi connectivity index (χ3n) is 4.59. The van der Waals surface area contributed by atoms with Crippen molar-refractivity contribution in [1.82, 2.24) is 10.2 Å². The monoisotopic (exact) mass is 358 g/mol. The second kappa shape index (κ2) is 7.61. The van der Waals surface area contributed by atoms with Crippen LogP contribution in [-0.2, 0) is 4.74 Å². The fourth-order valence-corrected chi connectivity index (χ4v) is 3.39. The molecule has 2 saturated heterocycles. The SMILES string of the molecule is O=C(NC1CCN(C2CCOCC2)C1)c1cccc(OC(F)(F)F)c1. The lowest BCUT2D eigenvalue weighted by Gasteiger charge is -2.31. The highest BCUT2D eigenvalue weighted by molar-refractivity contribution is 5.94. The van der Waals surface area contributed by atoms with E-state index in [1.807, 2.05) is 0 Å². The highest BCUT2D eigenvalue weighted by atomic mass is 19.4. The van der Waals surface area contributed by atoms with Crippen LogP contribution in [0.3, 0.4) is 0 Å². The zero-order chi connectivity index (χ0) is 17.9. The first kappa shape index (κ1) is 18.0. The smallest absolute Gasteiger partial charge is 0.406 e. The lowest BCUT2D eigenvalue weighted by molar-refractivity contribution is -0.274. The van der Waals surface area contributed by atoms with E-state index in [1.54, 1.807) is 0 Å². The Hall–Kier alpha value is -1.80. The molecule has 0 bridgehead atoms. The van der Waals surface area contributed by atoms with Gasteiger partial charge in [-0.2, -0.15) is 0 Å². The van der Waals surface area contributed by atoms with E-state index in [-0.39, 0.29) is 17.5 Å². The highest BCUT2D eigenvalue weighted by Gasteiger charge is 2.32. The summed E-state index contributed by atoms with van der Waals surface area (Å²) < 4.78 is 46.1. The Bertz CT molecular complexity index is 603. The lowest BCUT2D eigenvalue weighted by atomic mass is 10.1. The Balaban J connectivity index is 1.55. The number of alkyl halides is 3. The topological polar surface area (TPSA) is 50.8 Å². The number of hydrogen-bond acceptors (Lipinski definition) is 4. The maximum absolute atomic E-state index is 12.3. The van der Waals surface area contributed by atoms with Gasteiger partial charge in [0.15, 0.2) is 0 Å². The molecule has 0 saturated carbocycles. The van der Waals surface area contributed by atoms with Crippen molar-refractivity contribution in [2.45, 2.75) is 37.7 Å². The van der Waals surface area contributed by atoms with E-state index in [9.17, 15) is 18.0 Å². The van der Waals surface area contributed by atoms with Crippen molar-refractivity contribution in [3.63, 3.8) is 0 Å². The number of carbonyl (C=O) groups excluding carboxylic acids is 1. The summed E-state index contributed by atoms with van der Waals surface area (Å²) in [5, 5.41) is 2.91. The number of benzene rings is 1. The van der Waals surface area contributed by atoms with E-state index in [1.165, 1.54) is 18.2 Å². The number of nitrogens with one attached hydrogen (secondary N) is 1. The molecule has 3 rings (SSSR count). The molecule has 2 aliphatic heterocycles. The highest BCUT2D eigenvalue weighted by Crippen LogP contribution is 2.24. The molecule has 1 aromatic rings. The summed E-state index contributed by atoms with van der Waals surface area (Å²) in [5.74, 6) is -0.776. The molecule has 2 heterocycles. The number of likely N-dealkylation sites (tertiary alicyclic amines) is 1. The van der Waals surface area contributed by atoms with Crippen molar-refractivity contribution in [3.8, 4) is 5.75 Å². The predicted octanol–water partition coefficient (Wildman–Crippen LogP) is 2.57. The van der Waals surface area contributed by atoms with Gasteiger partial charge in [0.1, 0.15) is 5.75 Å². The average Bonchev–Trinajstić information content (AvgIpc) is 3.03. The van der Waals surface area contributed by atoms with Crippen LogP contribution >= 0.6 is 0 Å². The zero-order valence-electron chi connectivity index (χ0n) is 13.7. The van der Waals surface area contributed by atoms with Crippen LogP contribution in [0.2, 0.25) is 0 Å². The Morgan fingerprint density at radius 2 is 2.00 bits per heavy atom. The van der Waals surface area contributed by atoms with Crippen molar-refractivity contribution in [2.75, 3.05) is 26.3 Å². The van der Waals surface area contributed by atoms with Crippen LogP contribution in [0.4, 0.5) is 13.2 Å². The molecule has 2 fully saturated rings. The van der Waals surface area contributed by atoms with Gasteiger partial charge in [-0.05, 0) is 37.5 Å². The molecule has 1 amide bonds. The molecule has 1 N–H and O–H groups in total. The number of carbonyl (C=O) groups is 1. The van der Waals surface area contributed by atoms with E-state index in [2.05, 4.69) is 15.0 Å². The fourth-order valence-electron chi connectivity index (χ4n) is 3.39. The number of halogens is 3. The van der Waals surface area contributed by atoms with Gasteiger partial charge in [-0.25, -0.2) is 0 Å². The lowest BCUT2D eigenvalue weighted by Crippen LogP contribution is -2.41. The standard InChI is InChI=1S/C17H21F3N2O3/c18-17(19,20)25-15-3-1-2-12(10-15)16(23)21-13-4-7-22(11-13)14-5-8-24-9-6-14/h1-3,10,13-14H,4-9,11H2,(H,21,23). The van der Waals surface area contributed by atoms with Crippen LogP contribution in [0.1, 0.15) is 29.6 Å². The van der Waals surface area contributed by atoms with Gasteiger partial charge in [0.05, 0.1) is 0 Å². The molecular formula is C17H21F3N2O3. The molecule has 138 valence electrons. The number of amides is 1. The Morgan fingerprint density at radius 3 is 2.72 bits per heavy atom. The maximum Gasteiger partial charge on any atom is 0.573 e. The Labute approximate surface area is 144 Å². The van der Waals surface area contributed by atoms with Gasteiger partial charge in [0.25, 0.3) is 5.91 Å². The van der Waals surface area contributed by atoms with Gasteiger partial charge in [0.2, 0.25) is 0 Å². The summed E-state index contributed by atoms with van der Waals surface area (Å²) in [4.78, 5) is 14.7. The molecule has 0 aliphatic carbocycles. The molecule has 1 unspecified atom stereocenters. The number of nitrogens with zero attached hydrogens (tertiary/aromatic N) is 1. The van der Waals surface area contributed by atoms with Gasteiger partial charge in [-0.15, -0.1) is 13.2 Å². The van der Waals surface area contributed by atoms with Gasteiger partial charge in [-0.3, -0.25) is 9.69 Å². The number of ether oxygens (including phenoxy) is 2. The first-order valence-corrected chi connectivity index (χ1v) is 8.39. The molecule has 1 aromatic carbocycles. The number of hydrogen-bond donors (Lipinski definition) is 1. The van der Waals surface area contributed by atoms with Gasteiger partial charge in [-0.1, -0.05) is 6.07 Å². The minimum absolute atomic E-state index is 0.00235. The van der Waals surface area contributed by atoms with E-state index in [0.29, 0.717) is 6.04 Å².